The zero-order valence-corrected chi connectivity index (χ0v) is 17.4. The van der Waals surface area contributed by atoms with Gasteiger partial charge in [-0.1, -0.05) is 25.5 Å². The van der Waals surface area contributed by atoms with Gasteiger partial charge in [-0.3, -0.25) is 9.79 Å². The Hall–Kier alpha value is -2.24. The number of aryl methyl sites for hydroxylation is 1. The molecule has 1 unspecified atom stereocenters. The van der Waals surface area contributed by atoms with Crippen molar-refractivity contribution >= 4 is 11.9 Å². The molecule has 2 N–H and O–H groups in total. The van der Waals surface area contributed by atoms with E-state index in [9.17, 15) is 4.79 Å². The van der Waals surface area contributed by atoms with E-state index < -0.39 is 0 Å². The Morgan fingerprint density at radius 3 is 2.67 bits per heavy atom. The number of esters is 1. The molecule has 0 amide bonds. The number of ether oxygens (including phenoxy) is 2. The van der Waals surface area contributed by atoms with Crippen molar-refractivity contribution in [3.8, 4) is 5.75 Å². The molecule has 1 aromatic rings. The molecule has 0 fully saturated rings. The number of methoxy groups -OCH3 is 1. The third kappa shape index (κ3) is 9.31. The van der Waals surface area contributed by atoms with Crippen LogP contribution in [-0.2, 0) is 16.1 Å². The molecule has 0 aliphatic rings. The zero-order valence-electron chi connectivity index (χ0n) is 17.4. The molecule has 0 heterocycles. The van der Waals surface area contributed by atoms with Crippen LogP contribution in [-0.4, -0.2) is 38.7 Å². The van der Waals surface area contributed by atoms with Crippen LogP contribution in [0.15, 0.2) is 23.2 Å². The highest BCUT2D eigenvalue weighted by atomic mass is 16.5. The van der Waals surface area contributed by atoms with E-state index in [-0.39, 0.29) is 12.1 Å². The summed E-state index contributed by atoms with van der Waals surface area (Å²) < 4.78 is 10.7. The van der Waals surface area contributed by atoms with E-state index in [1.807, 2.05) is 0 Å². The minimum atomic E-state index is -0.144. The third-order valence-corrected chi connectivity index (χ3v) is 4.37. The highest BCUT2D eigenvalue weighted by molar-refractivity contribution is 5.79. The Labute approximate surface area is 163 Å². The topological polar surface area (TPSA) is 72.0 Å². The summed E-state index contributed by atoms with van der Waals surface area (Å²) in [6.45, 7) is 7.73. The summed E-state index contributed by atoms with van der Waals surface area (Å²) in [4.78, 5) is 15.3. The maximum absolute atomic E-state index is 11.1. The number of hydrogen-bond acceptors (Lipinski definition) is 4. The van der Waals surface area contributed by atoms with E-state index in [1.165, 1.54) is 12.7 Å². The summed E-state index contributed by atoms with van der Waals surface area (Å²) >= 11 is 0. The number of nitrogens with one attached hydrogen (secondary N) is 2. The molecule has 0 aliphatic heterocycles. The normalized spacial score (nSPS) is 12.4. The highest BCUT2D eigenvalue weighted by Gasteiger charge is 2.09. The number of aliphatic imine (C=N–C) groups is 1. The van der Waals surface area contributed by atoms with Crippen LogP contribution in [0.2, 0.25) is 0 Å². The SMILES string of the molecule is CCC(C)Oc1cc(C)ccc1CNC(=NC)NCCCCCC(=O)OC. The van der Waals surface area contributed by atoms with Crippen molar-refractivity contribution in [1.82, 2.24) is 10.6 Å². The van der Waals surface area contributed by atoms with E-state index in [1.54, 1.807) is 7.05 Å². The van der Waals surface area contributed by atoms with Gasteiger partial charge in [0.25, 0.3) is 0 Å². The van der Waals surface area contributed by atoms with E-state index in [0.717, 1.165) is 49.5 Å². The molecule has 27 heavy (non-hydrogen) atoms. The molecular formula is C21H35N3O3. The third-order valence-electron chi connectivity index (χ3n) is 4.37. The molecule has 1 atom stereocenters. The van der Waals surface area contributed by atoms with Gasteiger partial charge in [0.15, 0.2) is 5.96 Å². The maximum Gasteiger partial charge on any atom is 0.305 e. The number of nitrogens with zero attached hydrogens (tertiary/aromatic N) is 1. The number of hydrogen-bond donors (Lipinski definition) is 2. The van der Waals surface area contributed by atoms with Gasteiger partial charge in [-0.2, -0.15) is 0 Å². The molecule has 0 bridgehead atoms. The molecule has 152 valence electrons. The first-order chi connectivity index (χ1) is 13.0. The standard InChI is InChI=1S/C21H35N3O3/c1-6-17(3)27-19-14-16(2)11-12-18(19)15-24-21(22-4)23-13-9-7-8-10-20(25)26-5/h11-12,14,17H,6-10,13,15H2,1-5H3,(H2,22,23,24). The lowest BCUT2D eigenvalue weighted by Gasteiger charge is -2.18. The van der Waals surface area contributed by atoms with Crippen molar-refractivity contribution in [2.75, 3.05) is 20.7 Å². The van der Waals surface area contributed by atoms with Crippen molar-refractivity contribution in [2.24, 2.45) is 4.99 Å². The van der Waals surface area contributed by atoms with E-state index in [0.29, 0.717) is 13.0 Å². The molecule has 0 aliphatic carbocycles. The fraction of sp³-hybridized carbons (Fsp3) is 0.619. The fourth-order valence-electron chi connectivity index (χ4n) is 2.50. The van der Waals surface area contributed by atoms with Crippen LogP contribution in [0, 0.1) is 6.92 Å². The van der Waals surface area contributed by atoms with Gasteiger partial charge < -0.3 is 20.1 Å². The summed E-state index contributed by atoms with van der Waals surface area (Å²) in [6, 6.07) is 6.28. The molecule has 6 nitrogen and oxygen atoms in total. The number of carbonyl (C=O) groups excluding carboxylic acids is 1. The number of unbranched alkanes of at least 4 members (excludes halogenated alkanes) is 2. The number of rotatable bonds is 11. The quantitative estimate of drug-likeness (QED) is 0.267. The van der Waals surface area contributed by atoms with E-state index >= 15 is 0 Å². The van der Waals surface area contributed by atoms with Crippen LogP contribution < -0.4 is 15.4 Å². The predicted molar refractivity (Wildman–Crippen MR) is 110 cm³/mol. The van der Waals surface area contributed by atoms with E-state index in [4.69, 9.17) is 4.74 Å². The van der Waals surface area contributed by atoms with Crippen LogP contribution in [0.1, 0.15) is 57.1 Å². The van der Waals surface area contributed by atoms with Crippen LogP contribution in [0.25, 0.3) is 0 Å². The number of guanidine groups is 1. The van der Waals surface area contributed by atoms with Gasteiger partial charge in [0.2, 0.25) is 0 Å². The maximum atomic E-state index is 11.1. The molecule has 0 aromatic heterocycles. The Kier molecular flexibility index (Phi) is 11.0. The first-order valence-electron chi connectivity index (χ1n) is 9.77. The smallest absolute Gasteiger partial charge is 0.305 e. The van der Waals surface area contributed by atoms with Crippen molar-refractivity contribution < 1.29 is 14.3 Å². The summed E-state index contributed by atoms with van der Waals surface area (Å²) in [5, 5.41) is 6.65. The second-order valence-electron chi connectivity index (χ2n) is 6.69. The molecule has 0 saturated carbocycles. The van der Waals surface area contributed by atoms with Gasteiger partial charge in [0, 0.05) is 32.1 Å². The minimum absolute atomic E-state index is 0.144. The lowest BCUT2D eigenvalue weighted by molar-refractivity contribution is -0.140. The monoisotopic (exact) mass is 377 g/mol. The van der Waals surface area contributed by atoms with Crippen LogP contribution in [0.3, 0.4) is 0 Å². The van der Waals surface area contributed by atoms with Gasteiger partial charge >= 0.3 is 5.97 Å². The predicted octanol–water partition coefficient (Wildman–Crippen LogP) is 3.57. The fourth-order valence-corrected chi connectivity index (χ4v) is 2.50. The lowest BCUT2D eigenvalue weighted by atomic mass is 10.1. The van der Waals surface area contributed by atoms with Crippen LogP contribution >= 0.6 is 0 Å². The largest absolute Gasteiger partial charge is 0.490 e. The molecule has 1 aromatic carbocycles. The first-order valence-corrected chi connectivity index (χ1v) is 9.77. The minimum Gasteiger partial charge on any atom is -0.490 e. The van der Waals surface area contributed by atoms with Crippen molar-refractivity contribution in [1.29, 1.82) is 0 Å². The summed E-state index contributed by atoms with van der Waals surface area (Å²) in [6.07, 6.45) is 4.44. The lowest BCUT2D eigenvalue weighted by Crippen LogP contribution is -2.37. The summed E-state index contributed by atoms with van der Waals surface area (Å²) in [5.74, 6) is 1.54. The Morgan fingerprint density at radius 2 is 2.00 bits per heavy atom. The molecule has 0 spiro atoms. The second kappa shape index (κ2) is 13.0. The molecule has 0 saturated heterocycles. The molecule has 0 radical (unpaired) electrons. The average molecular weight is 378 g/mol. The average Bonchev–Trinajstić information content (AvgIpc) is 2.67. The van der Waals surface area contributed by atoms with Crippen LogP contribution in [0.5, 0.6) is 5.75 Å². The summed E-state index contributed by atoms with van der Waals surface area (Å²) in [7, 11) is 3.19. The first kappa shape index (κ1) is 22.8. The van der Waals surface area contributed by atoms with E-state index in [2.05, 4.69) is 59.3 Å². The van der Waals surface area contributed by atoms with Gasteiger partial charge in [-0.15, -0.1) is 0 Å². The Bertz CT molecular complexity index is 602. The van der Waals surface area contributed by atoms with Gasteiger partial charge in [0.1, 0.15) is 5.75 Å². The van der Waals surface area contributed by atoms with Crippen molar-refractivity contribution in [2.45, 2.75) is 65.5 Å². The zero-order chi connectivity index (χ0) is 20.1. The van der Waals surface area contributed by atoms with Gasteiger partial charge in [-0.25, -0.2) is 0 Å². The highest BCUT2D eigenvalue weighted by Crippen LogP contribution is 2.22. The molecule has 1 rings (SSSR count). The number of carbonyl (C=O) groups is 1. The van der Waals surface area contributed by atoms with Crippen molar-refractivity contribution in [3.05, 3.63) is 29.3 Å². The van der Waals surface area contributed by atoms with Gasteiger partial charge in [-0.05, 0) is 44.7 Å². The Balaban J connectivity index is 2.43. The van der Waals surface area contributed by atoms with Crippen molar-refractivity contribution in [3.63, 3.8) is 0 Å². The number of benzene rings is 1. The second-order valence-corrected chi connectivity index (χ2v) is 6.69. The van der Waals surface area contributed by atoms with Gasteiger partial charge in [0.05, 0.1) is 13.2 Å². The Morgan fingerprint density at radius 1 is 1.22 bits per heavy atom. The summed E-state index contributed by atoms with van der Waals surface area (Å²) in [5.41, 5.74) is 2.30. The molecular weight excluding hydrogens is 342 g/mol. The van der Waals surface area contributed by atoms with Crippen LogP contribution in [0.4, 0.5) is 0 Å². The molecule has 6 heteroatoms.